The summed E-state index contributed by atoms with van der Waals surface area (Å²) in [6, 6.07) is 6.61. The van der Waals surface area contributed by atoms with Gasteiger partial charge < -0.3 is 21.1 Å². The number of aliphatic hydroxyl groups excluding tert-OH is 1. The Labute approximate surface area is 159 Å². The molecule has 5 N–H and O–H groups in total. The molecule has 1 aliphatic carbocycles. The predicted molar refractivity (Wildman–Crippen MR) is 102 cm³/mol. The fourth-order valence-electron chi connectivity index (χ4n) is 3.85. The number of benzene rings is 1. The Hall–Kier alpha value is -2.41. The van der Waals surface area contributed by atoms with E-state index in [0.717, 1.165) is 31.2 Å². The van der Waals surface area contributed by atoms with Crippen LogP contribution in [0.2, 0.25) is 0 Å². The maximum atomic E-state index is 12.6. The number of amides is 2. The van der Waals surface area contributed by atoms with Crippen LogP contribution in [-0.2, 0) is 16.1 Å². The number of likely N-dealkylation sites (tertiary alicyclic amines) is 1. The van der Waals surface area contributed by atoms with E-state index in [-0.39, 0.29) is 23.6 Å². The van der Waals surface area contributed by atoms with E-state index in [2.05, 4.69) is 5.32 Å². The van der Waals surface area contributed by atoms with Crippen LogP contribution in [0, 0.1) is 11.3 Å². The number of nitrogen functional groups attached to an aromatic ring is 1. The third-order valence-corrected chi connectivity index (χ3v) is 5.69. The molecule has 0 radical (unpaired) electrons. The normalized spacial score (nSPS) is 21.2. The molecule has 2 amide bonds. The molecule has 7 heteroatoms. The monoisotopic (exact) mass is 372 g/mol. The maximum Gasteiger partial charge on any atom is 0.252 e. The highest BCUT2D eigenvalue weighted by Gasteiger charge is 2.41. The van der Waals surface area contributed by atoms with Crippen LogP contribution in [0.15, 0.2) is 24.3 Å². The SMILES string of the molecule is N=C(N)c1ccc(CNC(=O)[C@@H]2CCN2C(=O)[C@H](O)C2CCCCC2)cc1. The quantitative estimate of drug-likeness (QED) is 0.442. The van der Waals surface area contributed by atoms with Crippen molar-refractivity contribution >= 4 is 17.6 Å². The molecule has 7 nitrogen and oxygen atoms in total. The number of carbonyl (C=O) groups excluding carboxylic acids is 2. The number of hydrogen-bond acceptors (Lipinski definition) is 4. The molecule has 0 aromatic heterocycles. The summed E-state index contributed by atoms with van der Waals surface area (Å²) in [5.41, 5.74) is 6.96. The van der Waals surface area contributed by atoms with Crippen LogP contribution < -0.4 is 11.1 Å². The van der Waals surface area contributed by atoms with Crippen LogP contribution in [0.4, 0.5) is 0 Å². The molecule has 2 fully saturated rings. The molecule has 1 aromatic rings. The highest BCUT2D eigenvalue weighted by molar-refractivity contribution is 5.95. The Morgan fingerprint density at radius 3 is 2.41 bits per heavy atom. The number of hydrogen-bond donors (Lipinski definition) is 4. The van der Waals surface area contributed by atoms with Gasteiger partial charge in [0.15, 0.2) is 0 Å². The number of nitrogens with zero attached hydrogens (tertiary/aromatic N) is 1. The summed E-state index contributed by atoms with van der Waals surface area (Å²) in [4.78, 5) is 26.5. The second kappa shape index (κ2) is 8.52. The molecule has 146 valence electrons. The molecule has 27 heavy (non-hydrogen) atoms. The molecule has 1 saturated heterocycles. The standard InChI is InChI=1S/C20H28N4O3/c21-18(22)15-8-6-13(7-9-15)12-23-19(26)16-10-11-24(16)20(27)17(25)14-4-2-1-3-5-14/h6-9,14,16-17,25H,1-5,10-12H2,(H3,21,22)(H,23,26)/t16-,17+/m0/s1. The molecule has 1 aliphatic heterocycles. The van der Waals surface area contributed by atoms with Gasteiger partial charge in [-0.2, -0.15) is 0 Å². The first-order valence-corrected chi connectivity index (χ1v) is 9.67. The van der Waals surface area contributed by atoms with E-state index >= 15 is 0 Å². The van der Waals surface area contributed by atoms with Crippen LogP contribution in [0.25, 0.3) is 0 Å². The largest absolute Gasteiger partial charge is 0.384 e. The van der Waals surface area contributed by atoms with E-state index in [1.165, 1.54) is 11.3 Å². The second-order valence-electron chi connectivity index (χ2n) is 7.51. The van der Waals surface area contributed by atoms with Gasteiger partial charge in [0.05, 0.1) is 0 Å². The van der Waals surface area contributed by atoms with Crippen molar-refractivity contribution in [3.63, 3.8) is 0 Å². The maximum absolute atomic E-state index is 12.6. The minimum Gasteiger partial charge on any atom is -0.384 e. The summed E-state index contributed by atoms with van der Waals surface area (Å²) in [5.74, 6) is -0.471. The van der Waals surface area contributed by atoms with Crippen molar-refractivity contribution in [2.75, 3.05) is 6.54 Å². The van der Waals surface area contributed by atoms with Crippen molar-refractivity contribution < 1.29 is 14.7 Å². The summed E-state index contributed by atoms with van der Waals surface area (Å²) in [5, 5.41) is 20.6. The molecule has 0 spiro atoms. The van der Waals surface area contributed by atoms with Crippen molar-refractivity contribution in [1.82, 2.24) is 10.2 Å². The van der Waals surface area contributed by atoms with E-state index in [9.17, 15) is 14.7 Å². The average Bonchev–Trinajstić information content (AvgIpc) is 2.65. The lowest BCUT2D eigenvalue weighted by Crippen LogP contribution is -2.61. The van der Waals surface area contributed by atoms with Gasteiger partial charge in [0, 0.05) is 18.7 Å². The van der Waals surface area contributed by atoms with Crippen LogP contribution in [0.5, 0.6) is 0 Å². The molecule has 3 rings (SSSR count). The predicted octanol–water partition coefficient (Wildman–Crippen LogP) is 1.13. The molecular formula is C20H28N4O3. The third kappa shape index (κ3) is 4.47. The minimum absolute atomic E-state index is 0.00531. The summed E-state index contributed by atoms with van der Waals surface area (Å²) < 4.78 is 0. The first-order chi connectivity index (χ1) is 13.0. The number of nitrogens with two attached hydrogens (primary N) is 1. The zero-order valence-corrected chi connectivity index (χ0v) is 15.5. The van der Waals surface area contributed by atoms with Crippen LogP contribution in [-0.4, -0.2) is 46.3 Å². The third-order valence-electron chi connectivity index (χ3n) is 5.69. The highest BCUT2D eigenvalue weighted by atomic mass is 16.3. The Balaban J connectivity index is 1.51. The lowest BCUT2D eigenvalue weighted by Gasteiger charge is -2.42. The molecule has 1 aromatic carbocycles. The van der Waals surface area contributed by atoms with Gasteiger partial charge in [-0.25, -0.2) is 0 Å². The summed E-state index contributed by atoms with van der Waals surface area (Å²) >= 11 is 0. The van der Waals surface area contributed by atoms with Gasteiger partial charge in [0.1, 0.15) is 18.0 Å². The Bertz CT molecular complexity index is 698. The smallest absolute Gasteiger partial charge is 0.252 e. The fraction of sp³-hybridized carbons (Fsp3) is 0.550. The van der Waals surface area contributed by atoms with Crippen LogP contribution >= 0.6 is 0 Å². The minimum atomic E-state index is -0.986. The Morgan fingerprint density at radius 1 is 1.19 bits per heavy atom. The lowest BCUT2D eigenvalue weighted by atomic mass is 9.84. The molecular weight excluding hydrogens is 344 g/mol. The van der Waals surface area contributed by atoms with E-state index in [1.807, 2.05) is 12.1 Å². The van der Waals surface area contributed by atoms with Crippen molar-refractivity contribution in [3.05, 3.63) is 35.4 Å². The number of aliphatic hydroxyl groups is 1. The zero-order valence-electron chi connectivity index (χ0n) is 15.5. The van der Waals surface area contributed by atoms with Crippen molar-refractivity contribution in [1.29, 1.82) is 5.41 Å². The van der Waals surface area contributed by atoms with E-state index in [4.69, 9.17) is 11.1 Å². The summed E-state index contributed by atoms with van der Waals surface area (Å²) in [6.45, 7) is 0.870. The van der Waals surface area contributed by atoms with Gasteiger partial charge in [-0.3, -0.25) is 15.0 Å². The highest BCUT2D eigenvalue weighted by Crippen LogP contribution is 2.29. The number of amidine groups is 1. The van der Waals surface area contributed by atoms with Gasteiger partial charge in [-0.1, -0.05) is 43.5 Å². The van der Waals surface area contributed by atoms with Crippen LogP contribution in [0.1, 0.15) is 49.7 Å². The van der Waals surface area contributed by atoms with Gasteiger partial charge in [0.25, 0.3) is 5.91 Å². The lowest BCUT2D eigenvalue weighted by molar-refractivity contribution is -0.157. The molecule has 1 saturated carbocycles. The number of rotatable bonds is 6. The van der Waals surface area contributed by atoms with Crippen molar-refractivity contribution in [2.24, 2.45) is 11.7 Å². The molecule has 0 bridgehead atoms. The fourth-order valence-corrected chi connectivity index (χ4v) is 3.85. The molecule has 2 atom stereocenters. The topological polar surface area (TPSA) is 120 Å². The molecule has 2 aliphatic rings. The summed E-state index contributed by atoms with van der Waals surface area (Å²) in [7, 11) is 0. The van der Waals surface area contributed by atoms with E-state index < -0.39 is 12.1 Å². The van der Waals surface area contributed by atoms with Gasteiger partial charge >= 0.3 is 0 Å². The van der Waals surface area contributed by atoms with E-state index in [0.29, 0.717) is 25.1 Å². The zero-order chi connectivity index (χ0) is 19.4. The second-order valence-corrected chi connectivity index (χ2v) is 7.51. The van der Waals surface area contributed by atoms with E-state index in [1.54, 1.807) is 12.1 Å². The molecule has 0 unspecified atom stereocenters. The first-order valence-electron chi connectivity index (χ1n) is 9.67. The van der Waals surface area contributed by atoms with Gasteiger partial charge in [-0.15, -0.1) is 0 Å². The summed E-state index contributed by atoms with van der Waals surface area (Å²) in [6.07, 6.45) is 4.68. The Morgan fingerprint density at radius 2 is 1.85 bits per heavy atom. The average molecular weight is 372 g/mol. The number of carbonyl (C=O) groups is 2. The van der Waals surface area contributed by atoms with Crippen molar-refractivity contribution in [3.8, 4) is 0 Å². The van der Waals surface area contributed by atoms with Gasteiger partial charge in [-0.05, 0) is 30.7 Å². The van der Waals surface area contributed by atoms with Gasteiger partial charge in [0.2, 0.25) is 5.91 Å². The van der Waals surface area contributed by atoms with Crippen LogP contribution in [0.3, 0.4) is 0 Å². The Kier molecular flexibility index (Phi) is 6.11. The molecule has 1 heterocycles. The number of nitrogens with one attached hydrogen (secondary N) is 2. The first kappa shape index (κ1) is 19.4. The van der Waals surface area contributed by atoms with Crippen molar-refractivity contribution in [2.45, 2.75) is 57.2 Å².